The minimum atomic E-state index is -1.10. The number of fused-ring (bicyclic) bond motifs is 1. The van der Waals surface area contributed by atoms with Crippen molar-refractivity contribution in [1.29, 1.82) is 0 Å². The van der Waals surface area contributed by atoms with Gasteiger partial charge in [-0.2, -0.15) is 3.96 Å². The maximum absolute atomic E-state index is 13.3. The lowest BCUT2D eigenvalue weighted by molar-refractivity contribution is -0.141. The quantitative estimate of drug-likeness (QED) is 0.273. The molecule has 0 radical (unpaired) electrons. The van der Waals surface area contributed by atoms with E-state index in [1.165, 1.54) is 0 Å². The van der Waals surface area contributed by atoms with Crippen LogP contribution in [-0.4, -0.2) is 48.8 Å². The molecule has 0 atom stereocenters. The Hall–Kier alpha value is -1.97. The van der Waals surface area contributed by atoms with Gasteiger partial charge in [0, 0.05) is 33.3 Å². The molecule has 0 saturated carbocycles. The average molecular weight is 593 g/mol. The lowest BCUT2D eigenvalue weighted by Crippen LogP contribution is -2.51. The van der Waals surface area contributed by atoms with Crippen molar-refractivity contribution in [3.63, 3.8) is 0 Å². The van der Waals surface area contributed by atoms with Gasteiger partial charge in [0.25, 0.3) is 5.56 Å². The molecule has 0 aliphatic heterocycles. The summed E-state index contributed by atoms with van der Waals surface area (Å²) in [6.45, 7) is 22.4. The molecule has 0 saturated heterocycles. The molecule has 7 nitrogen and oxygen atoms in total. The van der Waals surface area contributed by atoms with Crippen LogP contribution in [0.2, 0.25) is 0 Å². The molecule has 2 aromatic rings. The van der Waals surface area contributed by atoms with Crippen LogP contribution in [0, 0.1) is 5.41 Å². The molecule has 1 amide bonds. The van der Waals surface area contributed by atoms with Crippen LogP contribution in [0.25, 0.3) is 10.1 Å². The van der Waals surface area contributed by atoms with Gasteiger partial charge in [-0.1, -0.05) is 60.6 Å². The summed E-state index contributed by atoms with van der Waals surface area (Å²) in [6.07, 6.45) is 1.15. The third kappa shape index (κ3) is 9.84. The first-order valence-corrected chi connectivity index (χ1v) is 15.5. The topological polar surface area (TPSA) is 94.5 Å². The van der Waals surface area contributed by atoms with Gasteiger partial charge in [0.1, 0.15) is 5.60 Å². The summed E-state index contributed by atoms with van der Waals surface area (Å²) in [5, 5.41) is 3.68. The van der Waals surface area contributed by atoms with Crippen molar-refractivity contribution in [3.05, 3.63) is 34.6 Å². The van der Waals surface area contributed by atoms with Crippen LogP contribution in [0.3, 0.4) is 0 Å². The minimum absolute atomic E-state index is 0.00888. The average Bonchev–Trinajstić information content (AvgIpc) is 3.10. The second-order valence-corrected chi connectivity index (χ2v) is 17.5. The highest BCUT2D eigenvalue weighted by Gasteiger charge is 2.39. The summed E-state index contributed by atoms with van der Waals surface area (Å²) in [4.78, 5) is 51.4. The van der Waals surface area contributed by atoms with E-state index in [2.05, 4.69) is 39.9 Å². The van der Waals surface area contributed by atoms with E-state index in [1.807, 2.05) is 45.5 Å². The number of hydrogen-bond donors (Lipinski definition) is 1. The summed E-state index contributed by atoms with van der Waals surface area (Å²) in [5.41, 5.74) is -2.54. The number of nitrogens with zero attached hydrogens (tertiary/aromatic N) is 1. The van der Waals surface area contributed by atoms with Crippen molar-refractivity contribution in [1.82, 2.24) is 9.27 Å². The number of nitrogens with one attached hydrogen (secondary N) is 1. The van der Waals surface area contributed by atoms with Crippen LogP contribution in [0.15, 0.2) is 29.1 Å². The first kappa shape index (κ1) is 34.2. The Labute approximate surface area is 248 Å². The number of benzene rings is 1. The monoisotopic (exact) mass is 592 g/mol. The first-order valence-electron chi connectivity index (χ1n) is 13.9. The number of rotatable bonds is 13. The fourth-order valence-corrected chi connectivity index (χ4v) is 8.00. The molecule has 224 valence electrons. The van der Waals surface area contributed by atoms with Gasteiger partial charge in [-0.15, -0.1) is 11.8 Å². The Bertz CT molecular complexity index is 1280. The molecular formula is C31H48N2O5S2. The predicted octanol–water partition coefficient (Wildman–Crippen LogP) is 6.86. The number of ether oxygens (including phenoxy) is 1. The largest absolute Gasteiger partial charge is 0.368 e. The molecule has 0 aliphatic rings. The first-order chi connectivity index (χ1) is 18.1. The van der Waals surface area contributed by atoms with Gasteiger partial charge in [0.2, 0.25) is 11.8 Å². The van der Waals surface area contributed by atoms with Crippen molar-refractivity contribution in [2.45, 2.75) is 122 Å². The Kier molecular flexibility index (Phi) is 10.7. The fraction of sp³-hybridized carbons (Fsp3) is 0.677. The molecule has 0 bridgehead atoms. The molecule has 1 aromatic carbocycles. The highest BCUT2D eigenvalue weighted by Crippen LogP contribution is 2.43. The van der Waals surface area contributed by atoms with Crippen molar-refractivity contribution in [3.8, 4) is 0 Å². The maximum atomic E-state index is 13.3. The number of amides is 1. The summed E-state index contributed by atoms with van der Waals surface area (Å²) < 4.78 is 7.85. The molecule has 1 heterocycles. The summed E-state index contributed by atoms with van der Waals surface area (Å²) in [5.74, 6) is -0.618. The number of aromatic nitrogens is 1. The van der Waals surface area contributed by atoms with Gasteiger partial charge >= 0.3 is 0 Å². The zero-order valence-electron chi connectivity index (χ0n) is 26.1. The van der Waals surface area contributed by atoms with Gasteiger partial charge in [0.05, 0.1) is 16.7 Å². The molecule has 40 heavy (non-hydrogen) atoms. The van der Waals surface area contributed by atoms with E-state index in [-0.39, 0.29) is 46.2 Å². The third-order valence-corrected chi connectivity index (χ3v) is 9.08. The molecule has 0 spiro atoms. The van der Waals surface area contributed by atoms with Crippen molar-refractivity contribution in [2.75, 3.05) is 6.61 Å². The van der Waals surface area contributed by atoms with Gasteiger partial charge in [-0.3, -0.25) is 19.2 Å². The van der Waals surface area contributed by atoms with Crippen LogP contribution < -0.4 is 10.9 Å². The number of hydrogen-bond acceptors (Lipinski definition) is 7. The maximum Gasteiger partial charge on any atom is 0.275 e. The molecular weight excluding hydrogens is 544 g/mol. The lowest BCUT2D eigenvalue weighted by atomic mass is 9.81. The molecule has 0 fully saturated rings. The third-order valence-electron chi connectivity index (χ3n) is 6.66. The molecule has 2 rings (SSSR count). The predicted molar refractivity (Wildman–Crippen MR) is 168 cm³/mol. The van der Waals surface area contributed by atoms with E-state index >= 15 is 0 Å². The number of ketones is 1. The van der Waals surface area contributed by atoms with E-state index in [1.54, 1.807) is 32.0 Å². The number of thioether (sulfide) groups is 1. The minimum Gasteiger partial charge on any atom is -0.368 e. The Morgan fingerprint density at radius 2 is 1.52 bits per heavy atom. The Morgan fingerprint density at radius 3 is 2.10 bits per heavy atom. The fourth-order valence-electron chi connectivity index (χ4n) is 4.95. The van der Waals surface area contributed by atoms with Gasteiger partial charge in [0.15, 0.2) is 5.78 Å². The summed E-state index contributed by atoms with van der Waals surface area (Å²) >= 11 is 2.97. The zero-order valence-corrected chi connectivity index (χ0v) is 27.8. The molecule has 1 N–H and O–H groups in total. The normalized spacial score (nSPS) is 13.5. The molecule has 0 aliphatic carbocycles. The Morgan fingerprint density at radius 1 is 0.925 bits per heavy atom. The van der Waals surface area contributed by atoms with Crippen molar-refractivity contribution in [2.24, 2.45) is 5.41 Å². The second-order valence-electron chi connectivity index (χ2n) is 14.0. The smallest absolute Gasteiger partial charge is 0.275 e. The van der Waals surface area contributed by atoms with Crippen LogP contribution in [0.5, 0.6) is 0 Å². The van der Waals surface area contributed by atoms with E-state index in [0.29, 0.717) is 11.8 Å². The Balaban J connectivity index is 1.89. The molecule has 0 unspecified atom stereocenters. The van der Waals surface area contributed by atoms with Crippen molar-refractivity contribution >= 4 is 51.0 Å². The van der Waals surface area contributed by atoms with E-state index in [0.717, 1.165) is 26.6 Å². The van der Waals surface area contributed by atoms with Gasteiger partial charge < -0.3 is 10.1 Å². The zero-order chi connectivity index (χ0) is 30.7. The van der Waals surface area contributed by atoms with Crippen LogP contribution in [0.4, 0.5) is 0 Å². The van der Waals surface area contributed by atoms with Crippen LogP contribution >= 0.6 is 23.3 Å². The van der Waals surface area contributed by atoms with Crippen LogP contribution in [-0.2, 0) is 14.3 Å². The summed E-state index contributed by atoms with van der Waals surface area (Å²) in [7, 11) is 0. The second kappa shape index (κ2) is 12.5. The van der Waals surface area contributed by atoms with E-state index in [9.17, 15) is 19.2 Å². The van der Waals surface area contributed by atoms with E-state index < -0.39 is 22.5 Å². The highest BCUT2D eigenvalue weighted by molar-refractivity contribution is 8.01. The van der Waals surface area contributed by atoms with Gasteiger partial charge in [-0.25, -0.2) is 0 Å². The van der Waals surface area contributed by atoms with Gasteiger partial charge in [-0.05, 0) is 64.2 Å². The SMILES string of the molecule is CC(C)(CCOC(C)(C)C(=O)CCC(=O)n1sc2ccccc2c1=O)NC(=O)C(C)(C)CC(C)(C)SC(C)(C)C. The van der Waals surface area contributed by atoms with Crippen LogP contribution in [0.1, 0.15) is 107 Å². The molecule has 9 heteroatoms. The standard InChI is InChI=1S/C31H48N2O5S2/c1-27(2,3)40-30(8,9)20-28(4,5)26(37)32-29(6,7)18-19-38-31(10,11)23(34)16-17-24(35)33-25(36)21-14-12-13-15-22(21)39-33/h12-15H,16-20H2,1-11H3,(H,32,37). The number of carbonyl (C=O) groups excluding carboxylic acids is 3. The molecule has 1 aromatic heterocycles. The number of carbonyl (C=O) groups is 3. The van der Waals surface area contributed by atoms with E-state index in [4.69, 9.17) is 4.74 Å². The number of Topliss-reactive ketones (excluding diaryl/α,β-unsaturated/α-hetero) is 1. The summed E-state index contributed by atoms with van der Waals surface area (Å²) in [6, 6.07) is 7.07. The van der Waals surface area contributed by atoms with Crippen molar-refractivity contribution < 1.29 is 19.1 Å². The lowest BCUT2D eigenvalue weighted by Gasteiger charge is -2.39. The highest BCUT2D eigenvalue weighted by atomic mass is 32.2.